The molecule has 0 saturated carbocycles. The molecule has 1 fully saturated rings. The van der Waals surface area contributed by atoms with Crippen LogP contribution in [0.3, 0.4) is 0 Å². The Morgan fingerprint density at radius 1 is 1.09 bits per heavy atom. The third kappa shape index (κ3) is 5.70. The summed E-state index contributed by atoms with van der Waals surface area (Å²) in [7, 11) is 0. The number of β-amino-alcohol motifs (C(OH)–C–C–N with tert-alkyl or cyclic N) is 1. The van der Waals surface area contributed by atoms with Crippen molar-refractivity contribution in [1.29, 1.82) is 0 Å². The summed E-state index contributed by atoms with van der Waals surface area (Å²) in [6.07, 6.45) is -5.86. The molecule has 12 heteroatoms. The molecule has 1 aromatic heterocycles. The molecule has 2 heterocycles. The number of benzene rings is 2. The molecular formula is C23H25F3N6O3. The smallest absolute Gasteiger partial charge is 0.416 e. The quantitative estimate of drug-likeness (QED) is 0.563. The third-order valence-electron chi connectivity index (χ3n) is 5.29. The van der Waals surface area contributed by atoms with Gasteiger partial charge in [0.2, 0.25) is 5.82 Å². The number of para-hydroxylation sites is 1. The van der Waals surface area contributed by atoms with Gasteiger partial charge in [0.15, 0.2) is 0 Å². The van der Waals surface area contributed by atoms with Crippen molar-refractivity contribution < 1.29 is 27.8 Å². The molecule has 4 rings (SSSR count). The van der Waals surface area contributed by atoms with E-state index in [1.165, 1.54) is 21.8 Å². The van der Waals surface area contributed by atoms with E-state index in [0.29, 0.717) is 16.9 Å². The molecule has 0 unspecified atom stereocenters. The normalized spacial score (nSPS) is 18.5. The number of tetrazole rings is 1. The topological polar surface area (TPSA) is 105 Å². The summed E-state index contributed by atoms with van der Waals surface area (Å²) in [5.41, 5.74) is 0.181. The molecule has 0 spiro atoms. The fraction of sp³-hybridized carbons (Fsp3) is 0.391. The van der Waals surface area contributed by atoms with E-state index in [1.54, 1.807) is 45.0 Å². The van der Waals surface area contributed by atoms with Crippen LogP contribution in [0.2, 0.25) is 0 Å². The van der Waals surface area contributed by atoms with E-state index in [2.05, 4.69) is 20.7 Å². The summed E-state index contributed by atoms with van der Waals surface area (Å²) in [6.45, 7) is 5.50. The largest absolute Gasteiger partial charge is 0.444 e. The molecule has 2 atom stereocenters. The monoisotopic (exact) mass is 490 g/mol. The standard InChI is InChI=1S/C23H25F3N6O3/c1-22(2,3)35-21(34)31-12-18(19(33)13-31)32-29-20(28-30-32)16-6-4-5-7-17(16)27-15-10-8-14(9-11-15)23(24,25)26/h4-11,18-19,27,33H,12-13H2,1-3H3/t18-,19-/m1/s1. The Kier molecular flexibility index (Phi) is 6.41. The molecule has 9 nitrogen and oxygen atoms in total. The number of likely N-dealkylation sites (tertiary alicyclic amines) is 1. The Morgan fingerprint density at radius 3 is 2.43 bits per heavy atom. The van der Waals surface area contributed by atoms with Gasteiger partial charge in [0, 0.05) is 16.9 Å². The summed E-state index contributed by atoms with van der Waals surface area (Å²) in [4.78, 5) is 15.0. The van der Waals surface area contributed by atoms with Crippen LogP contribution in [0.1, 0.15) is 32.4 Å². The van der Waals surface area contributed by atoms with E-state index >= 15 is 0 Å². The molecule has 0 radical (unpaired) electrons. The molecule has 1 aliphatic rings. The van der Waals surface area contributed by atoms with Crippen molar-refractivity contribution in [3.8, 4) is 11.4 Å². The number of hydrogen-bond acceptors (Lipinski definition) is 7. The Hall–Kier alpha value is -3.67. The van der Waals surface area contributed by atoms with E-state index < -0.39 is 35.6 Å². The fourth-order valence-electron chi connectivity index (χ4n) is 3.63. The Labute approximate surface area is 199 Å². The number of anilines is 2. The van der Waals surface area contributed by atoms with Gasteiger partial charge in [-0.3, -0.25) is 0 Å². The van der Waals surface area contributed by atoms with Gasteiger partial charge in [0.05, 0.1) is 24.8 Å². The van der Waals surface area contributed by atoms with E-state index in [-0.39, 0.29) is 18.9 Å². The van der Waals surface area contributed by atoms with Crippen LogP contribution >= 0.6 is 0 Å². The first-order valence-electron chi connectivity index (χ1n) is 10.9. The molecular weight excluding hydrogens is 465 g/mol. The van der Waals surface area contributed by atoms with E-state index in [9.17, 15) is 23.1 Å². The zero-order valence-corrected chi connectivity index (χ0v) is 19.3. The average molecular weight is 490 g/mol. The zero-order valence-electron chi connectivity index (χ0n) is 19.3. The first-order chi connectivity index (χ1) is 16.4. The SMILES string of the molecule is CC(C)(C)OC(=O)N1C[C@@H](O)[C@H](n2nnc(-c3ccccc3Nc3ccc(C(F)(F)F)cc3)n2)C1. The second-order valence-corrected chi connectivity index (χ2v) is 9.20. The minimum absolute atomic E-state index is 0.0719. The van der Waals surface area contributed by atoms with Crippen molar-refractivity contribution in [2.75, 3.05) is 18.4 Å². The van der Waals surface area contributed by atoms with Crippen LogP contribution in [0.25, 0.3) is 11.4 Å². The van der Waals surface area contributed by atoms with Gasteiger partial charge in [-0.1, -0.05) is 12.1 Å². The second-order valence-electron chi connectivity index (χ2n) is 9.20. The van der Waals surface area contributed by atoms with Crippen LogP contribution in [0.4, 0.5) is 29.3 Å². The summed E-state index contributed by atoms with van der Waals surface area (Å²) in [5, 5.41) is 26.1. The first kappa shape index (κ1) is 24.5. The van der Waals surface area contributed by atoms with Gasteiger partial charge in [-0.15, -0.1) is 10.2 Å². The number of aromatic nitrogens is 4. The number of alkyl halides is 3. The highest BCUT2D eigenvalue weighted by molar-refractivity contribution is 5.77. The predicted molar refractivity (Wildman–Crippen MR) is 121 cm³/mol. The summed E-state index contributed by atoms with van der Waals surface area (Å²) >= 11 is 0. The highest BCUT2D eigenvalue weighted by atomic mass is 19.4. The number of carbonyl (C=O) groups excluding carboxylic acids is 1. The maximum atomic E-state index is 12.8. The van der Waals surface area contributed by atoms with Crippen LogP contribution in [-0.4, -0.2) is 61.1 Å². The molecule has 186 valence electrons. The van der Waals surface area contributed by atoms with E-state index in [1.807, 2.05) is 0 Å². The van der Waals surface area contributed by atoms with Crippen LogP contribution in [0, 0.1) is 0 Å². The number of aliphatic hydroxyl groups is 1. The number of rotatable bonds is 4. The summed E-state index contributed by atoms with van der Waals surface area (Å²) in [6, 6.07) is 11.1. The second kappa shape index (κ2) is 9.17. The number of nitrogens with zero attached hydrogens (tertiary/aromatic N) is 5. The van der Waals surface area contributed by atoms with Crippen molar-refractivity contribution in [1.82, 2.24) is 25.1 Å². The van der Waals surface area contributed by atoms with Crippen molar-refractivity contribution in [3.05, 3.63) is 54.1 Å². The van der Waals surface area contributed by atoms with Gasteiger partial charge in [-0.2, -0.15) is 18.0 Å². The molecule has 0 aliphatic carbocycles. The number of amides is 1. The predicted octanol–water partition coefficient (Wildman–Crippen LogP) is 4.26. The molecule has 2 aromatic carbocycles. The Morgan fingerprint density at radius 2 is 1.77 bits per heavy atom. The molecule has 1 amide bonds. The minimum Gasteiger partial charge on any atom is -0.444 e. The van der Waals surface area contributed by atoms with Crippen molar-refractivity contribution >= 4 is 17.5 Å². The van der Waals surface area contributed by atoms with Gasteiger partial charge in [0.1, 0.15) is 11.6 Å². The zero-order chi connectivity index (χ0) is 25.4. The van der Waals surface area contributed by atoms with Crippen LogP contribution in [0.5, 0.6) is 0 Å². The van der Waals surface area contributed by atoms with Crippen LogP contribution in [-0.2, 0) is 10.9 Å². The van der Waals surface area contributed by atoms with Gasteiger partial charge in [-0.25, -0.2) is 4.79 Å². The van der Waals surface area contributed by atoms with E-state index in [4.69, 9.17) is 4.74 Å². The third-order valence-corrected chi connectivity index (χ3v) is 5.29. The lowest BCUT2D eigenvalue weighted by Crippen LogP contribution is -2.36. The molecule has 35 heavy (non-hydrogen) atoms. The minimum atomic E-state index is -4.41. The number of hydrogen-bond donors (Lipinski definition) is 2. The van der Waals surface area contributed by atoms with Crippen molar-refractivity contribution in [2.45, 2.75) is 44.7 Å². The maximum Gasteiger partial charge on any atom is 0.416 e. The van der Waals surface area contributed by atoms with Crippen LogP contribution in [0.15, 0.2) is 48.5 Å². The molecule has 1 saturated heterocycles. The number of aliphatic hydroxyl groups excluding tert-OH is 1. The van der Waals surface area contributed by atoms with Gasteiger partial charge in [-0.05, 0) is 62.4 Å². The first-order valence-corrected chi connectivity index (χ1v) is 10.9. The summed E-state index contributed by atoms with van der Waals surface area (Å²) in [5.74, 6) is 0.253. The van der Waals surface area contributed by atoms with Gasteiger partial charge < -0.3 is 20.1 Å². The van der Waals surface area contributed by atoms with Gasteiger partial charge >= 0.3 is 12.3 Å². The van der Waals surface area contributed by atoms with Crippen LogP contribution < -0.4 is 5.32 Å². The maximum absolute atomic E-state index is 12.8. The molecule has 1 aliphatic heterocycles. The van der Waals surface area contributed by atoms with E-state index in [0.717, 1.165) is 12.1 Å². The number of carbonyl (C=O) groups is 1. The Balaban J connectivity index is 1.51. The highest BCUT2D eigenvalue weighted by Gasteiger charge is 2.39. The Bertz CT molecular complexity index is 1190. The number of nitrogens with one attached hydrogen (secondary N) is 1. The number of halogens is 3. The lowest BCUT2D eigenvalue weighted by atomic mass is 10.1. The molecule has 2 N–H and O–H groups in total. The lowest BCUT2D eigenvalue weighted by molar-refractivity contribution is -0.137. The highest BCUT2D eigenvalue weighted by Crippen LogP contribution is 2.32. The number of ether oxygens (including phenoxy) is 1. The van der Waals surface area contributed by atoms with Gasteiger partial charge in [0.25, 0.3) is 0 Å². The lowest BCUT2D eigenvalue weighted by Gasteiger charge is -2.24. The molecule has 0 bridgehead atoms. The molecule has 3 aromatic rings. The summed E-state index contributed by atoms with van der Waals surface area (Å²) < 4.78 is 43.9. The van der Waals surface area contributed by atoms with Crippen molar-refractivity contribution in [3.63, 3.8) is 0 Å². The van der Waals surface area contributed by atoms with Crippen molar-refractivity contribution in [2.24, 2.45) is 0 Å². The fourth-order valence-corrected chi connectivity index (χ4v) is 3.63. The average Bonchev–Trinajstić information content (AvgIpc) is 3.39.